The normalized spacial score (nSPS) is 9.76. The summed E-state index contributed by atoms with van der Waals surface area (Å²) in [5, 5.41) is 8.74. The Bertz CT molecular complexity index is 455. The minimum absolute atomic E-state index is 0. The molecule has 0 spiro atoms. The van der Waals surface area contributed by atoms with E-state index < -0.39 is 11.9 Å². The van der Waals surface area contributed by atoms with Gasteiger partial charge in [-0.25, -0.2) is 4.79 Å². The minimum Gasteiger partial charge on any atom is -0.478 e. The predicted molar refractivity (Wildman–Crippen MR) is 66.7 cm³/mol. The van der Waals surface area contributed by atoms with Crippen LogP contribution in [0.15, 0.2) is 24.3 Å². The highest BCUT2D eigenvalue weighted by Crippen LogP contribution is 2.26. The lowest BCUT2D eigenvalue weighted by atomic mass is 10.2. The molecule has 0 fully saturated rings. The van der Waals surface area contributed by atoms with E-state index in [1.165, 1.54) is 25.1 Å². The first-order valence-corrected chi connectivity index (χ1v) is 4.76. The van der Waals surface area contributed by atoms with E-state index in [0.29, 0.717) is 10.6 Å². The van der Waals surface area contributed by atoms with Crippen LogP contribution in [0.4, 0.5) is 0 Å². The zero-order valence-corrected chi connectivity index (χ0v) is 10.4. The van der Waals surface area contributed by atoms with Crippen molar-refractivity contribution in [2.45, 2.75) is 6.92 Å². The van der Waals surface area contributed by atoms with Gasteiger partial charge >= 0.3 is 11.9 Å². The van der Waals surface area contributed by atoms with Gasteiger partial charge < -0.3 is 9.84 Å². The molecule has 4 nitrogen and oxygen atoms in total. The van der Waals surface area contributed by atoms with E-state index in [1.807, 2.05) is 0 Å². The summed E-state index contributed by atoms with van der Waals surface area (Å²) in [6.07, 6.45) is 2.37. The van der Waals surface area contributed by atoms with Crippen molar-refractivity contribution in [3.8, 4) is 5.75 Å². The van der Waals surface area contributed by atoms with Gasteiger partial charge in [0, 0.05) is 13.0 Å². The molecule has 1 aromatic carbocycles. The van der Waals surface area contributed by atoms with Crippen molar-refractivity contribution < 1.29 is 19.4 Å². The molecule has 0 aliphatic rings. The Kier molecular flexibility index (Phi) is 6.31. The van der Waals surface area contributed by atoms with Crippen LogP contribution in [-0.4, -0.2) is 17.0 Å². The topological polar surface area (TPSA) is 63.6 Å². The number of aliphatic carboxylic acids is 1. The number of benzene rings is 1. The highest BCUT2D eigenvalue weighted by molar-refractivity contribution is 6.32. The summed E-state index contributed by atoms with van der Waals surface area (Å²) in [5.41, 5.74) is 0.586. The lowest BCUT2D eigenvalue weighted by Crippen LogP contribution is -2.01. The Balaban J connectivity index is 0.00000256. The molecule has 0 aliphatic heterocycles. The third-order valence-corrected chi connectivity index (χ3v) is 1.94. The molecule has 17 heavy (non-hydrogen) atoms. The van der Waals surface area contributed by atoms with Crippen molar-refractivity contribution in [2.24, 2.45) is 0 Å². The maximum atomic E-state index is 10.7. The molecular weight excluding hydrogens is 267 g/mol. The molecule has 0 aromatic heterocycles. The smallest absolute Gasteiger partial charge is 0.328 e. The predicted octanol–water partition coefficient (Wildman–Crippen LogP) is 2.78. The average Bonchev–Trinajstić information content (AvgIpc) is 2.18. The van der Waals surface area contributed by atoms with Gasteiger partial charge in [0.1, 0.15) is 5.75 Å². The summed E-state index contributed by atoms with van der Waals surface area (Å²) >= 11 is 5.79. The monoisotopic (exact) mass is 276 g/mol. The van der Waals surface area contributed by atoms with Gasteiger partial charge in [-0.15, -0.1) is 12.4 Å². The summed E-state index contributed by atoms with van der Waals surface area (Å²) in [6.45, 7) is 1.26. The van der Waals surface area contributed by atoms with Crippen LogP contribution in [0.3, 0.4) is 0 Å². The van der Waals surface area contributed by atoms with Gasteiger partial charge in [-0.05, 0) is 23.8 Å². The maximum absolute atomic E-state index is 10.7. The highest BCUT2D eigenvalue weighted by Gasteiger charge is 2.04. The van der Waals surface area contributed by atoms with Crippen LogP contribution in [0.2, 0.25) is 5.02 Å². The first kappa shape index (κ1) is 15.5. The van der Waals surface area contributed by atoms with Gasteiger partial charge in [0.15, 0.2) is 0 Å². The number of rotatable bonds is 3. The number of carboxylic acids is 1. The molecule has 0 unspecified atom stereocenters. The SMILES string of the molecule is CC(=O)Oc1cc(C=CC(=O)O)ccc1Cl.Cl. The fraction of sp³-hybridized carbons (Fsp3) is 0.0909. The maximum Gasteiger partial charge on any atom is 0.328 e. The molecule has 0 radical (unpaired) electrons. The molecule has 0 bridgehead atoms. The van der Waals surface area contributed by atoms with E-state index in [0.717, 1.165) is 6.08 Å². The number of carbonyl (C=O) groups is 2. The molecule has 0 saturated carbocycles. The van der Waals surface area contributed by atoms with Gasteiger partial charge in [-0.3, -0.25) is 4.79 Å². The van der Waals surface area contributed by atoms with Crippen LogP contribution in [0.25, 0.3) is 6.08 Å². The third kappa shape index (κ3) is 5.38. The van der Waals surface area contributed by atoms with Crippen LogP contribution in [0.1, 0.15) is 12.5 Å². The number of hydrogen-bond acceptors (Lipinski definition) is 3. The largest absolute Gasteiger partial charge is 0.478 e. The minimum atomic E-state index is -1.05. The standard InChI is InChI=1S/C11H9ClO4.ClH/c1-7(13)16-10-6-8(2-4-9(10)12)3-5-11(14)15;/h2-6H,1H3,(H,14,15);1H. The van der Waals surface area contributed by atoms with Crippen LogP contribution in [0.5, 0.6) is 5.75 Å². The zero-order chi connectivity index (χ0) is 12.1. The summed E-state index contributed by atoms with van der Waals surface area (Å²) < 4.78 is 4.84. The van der Waals surface area contributed by atoms with Gasteiger partial charge in [0.05, 0.1) is 5.02 Å². The fourth-order valence-electron chi connectivity index (χ4n) is 1.02. The van der Waals surface area contributed by atoms with Gasteiger partial charge in [-0.1, -0.05) is 17.7 Å². The molecule has 0 amide bonds. The van der Waals surface area contributed by atoms with Crippen molar-refractivity contribution in [3.63, 3.8) is 0 Å². The third-order valence-electron chi connectivity index (χ3n) is 1.63. The number of hydrogen-bond donors (Lipinski definition) is 1. The quantitative estimate of drug-likeness (QED) is 0.524. The van der Waals surface area contributed by atoms with Gasteiger partial charge in [-0.2, -0.15) is 0 Å². The molecule has 1 aromatic rings. The number of carboxylic acid groups (broad SMARTS) is 1. The lowest BCUT2D eigenvalue weighted by Gasteiger charge is -2.04. The number of esters is 1. The number of halogens is 2. The van der Waals surface area contributed by atoms with Gasteiger partial charge in [0.25, 0.3) is 0 Å². The molecule has 92 valence electrons. The summed E-state index contributed by atoms with van der Waals surface area (Å²) in [5.74, 6) is -1.33. The zero-order valence-electron chi connectivity index (χ0n) is 8.84. The highest BCUT2D eigenvalue weighted by atomic mass is 35.5. The second kappa shape index (κ2) is 6.93. The first-order chi connectivity index (χ1) is 7.49. The Hall–Kier alpha value is -1.52. The second-order valence-electron chi connectivity index (χ2n) is 2.96. The Morgan fingerprint density at radius 2 is 2.06 bits per heavy atom. The van der Waals surface area contributed by atoms with E-state index in [1.54, 1.807) is 6.07 Å². The van der Waals surface area contributed by atoms with Crippen molar-refractivity contribution in [3.05, 3.63) is 34.9 Å². The second-order valence-corrected chi connectivity index (χ2v) is 3.36. The molecule has 0 heterocycles. The van der Waals surface area contributed by atoms with E-state index in [-0.39, 0.29) is 18.2 Å². The Morgan fingerprint density at radius 1 is 1.41 bits per heavy atom. The molecular formula is C11H10Cl2O4. The average molecular weight is 277 g/mol. The van der Waals surface area contributed by atoms with Crippen molar-refractivity contribution in [1.82, 2.24) is 0 Å². The molecule has 1 rings (SSSR count). The summed E-state index contributed by atoms with van der Waals surface area (Å²) in [7, 11) is 0. The first-order valence-electron chi connectivity index (χ1n) is 4.38. The Morgan fingerprint density at radius 3 is 2.59 bits per heavy atom. The number of ether oxygens (including phenoxy) is 1. The Labute approximate surface area is 109 Å². The lowest BCUT2D eigenvalue weighted by molar-refractivity contribution is -0.132. The van der Waals surface area contributed by atoms with E-state index in [2.05, 4.69) is 0 Å². The van der Waals surface area contributed by atoms with Crippen molar-refractivity contribution >= 4 is 42.0 Å². The van der Waals surface area contributed by atoms with Crippen LogP contribution in [-0.2, 0) is 9.59 Å². The van der Waals surface area contributed by atoms with E-state index in [4.69, 9.17) is 21.4 Å². The van der Waals surface area contributed by atoms with Crippen molar-refractivity contribution in [1.29, 1.82) is 0 Å². The number of carbonyl (C=O) groups excluding carboxylic acids is 1. The van der Waals surface area contributed by atoms with Gasteiger partial charge in [0.2, 0.25) is 0 Å². The molecule has 6 heteroatoms. The van der Waals surface area contributed by atoms with E-state index >= 15 is 0 Å². The van der Waals surface area contributed by atoms with E-state index in [9.17, 15) is 9.59 Å². The van der Waals surface area contributed by atoms with Crippen LogP contribution >= 0.6 is 24.0 Å². The molecule has 0 aliphatic carbocycles. The summed E-state index contributed by atoms with van der Waals surface area (Å²) in [4.78, 5) is 21.1. The van der Waals surface area contributed by atoms with Crippen molar-refractivity contribution in [2.75, 3.05) is 0 Å². The fourth-order valence-corrected chi connectivity index (χ4v) is 1.18. The molecule has 0 atom stereocenters. The van der Waals surface area contributed by atoms with Crippen LogP contribution < -0.4 is 4.74 Å². The summed E-state index contributed by atoms with van der Waals surface area (Å²) in [6, 6.07) is 4.64. The molecule has 0 saturated heterocycles. The van der Waals surface area contributed by atoms with Crippen LogP contribution in [0, 0.1) is 0 Å². The molecule has 1 N–H and O–H groups in total.